The van der Waals surface area contributed by atoms with Gasteiger partial charge in [-0.3, -0.25) is 15.1 Å². The van der Waals surface area contributed by atoms with Crippen molar-refractivity contribution in [3.8, 4) is 11.5 Å². The van der Waals surface area contributed by atoms with Gasteiger partial charge in [-0.2, -0.15) is 0 Å². The van der Waals surface area contributed by atoms with E-state index in [9.17, 15) is 4.79 Å². The number of benzene rings is 2. The van der Waals surface area contributed by atoms with E-state index in [4.69, 9.17) is 25.9 Å². The Kier molecular flexibility index (Phi) is 6.21. The van der Waals surface area contributed by atoms with Gasteiger partial charge in [0.15, 0.2) is 17.6 Å². The van der Waals surface area contributed by atoms with Crippen LogP contribution in [0.5, 0.6) is 11.5 Å². The normalized spacial score (nSPS) is 15.7. The summed E-state index contributed by atoms with van der Waals surface area (Å²) in [6, 6.07) is 13.1. The zero-order chi connectivity index (χ0) is 19.2. The highest BCUT2D eigenvalue weighted by Gasteiger charge is 2.25. The molecule has 0 spiro atoms. The van der Waals surface area contributed by atoms with Crippen LogP contribution in [0.25, 0.3) is 5.70 Å². The summed E-state index contributed by atoms with van der Waals surface area (Å²) in [5.41, 5.74) is 5.27. The average molecular weight is 389 g/mol. The molecule has 2 aromatic rings. The summed E-state index contributed by atoms with van der Waals surface area (Å²) in [4.78, 5) is 17.7. The van der Waals surface area contributed by atoms with Crippen molar-refractivity contribution in [3.05, 3.63) is 64.7 Å². The molecule has 6 nitrogen and oxygen atoms in total. The number of methoxy groups -OCH3 is 2. The molecule has 0 saturated carbocycles. The molecule has 1 atom stereocenters. The molecule has 2 aromatic carbocycles. The van der Waals surface area contributed by atoms with Crippen molar-refractivity contribution in [2.24, 2.45) is 0 Å². The summed E-state index contributed by atoms with van der Waals surface area (Å²) in [5.74, 6) is 1.12. The number of nitrogens with one attached hydrogen (secondary N) is 2. The summed E-state index contributed by atoms with van der Waals surface area (Å²) in [7, 11) is 3.19. The highest BCUT2D eigenvalue weighted by Crippen LogP contribution is 2.28. The minimum atomic E-state index is -0.707. The molecule has 7 heteroatoms. The lowest BCUT2D eigenvalue weighted by Crippen LogP contribution is -2.36. The van der Waals surface area contributed by atoms with Gasteiger partial charge in [-0.05, 0) is 36.3 Å². The first kappa shape index (κ1) is 19.1. The van der Waals surface area contributed by atoms with Crippen LogP contribution in [0.3, 0.4) is 0 Å². The molecular formula is C20H21ClN2O4. The molecule has 1 heterocycles. The molecule has 0 radical (unpaired) electrons. The fourth-order valence-electron chi connectivity index (χ4n) is 2.77. The third-order valence-corrected chi connectivity index (χ3v) is 4.53. The van der Waals surface area contributed by atoms with Crippen LogP contribution in [-0.4, -0.2) is 32.8 Å². The van der Waals surface area contributed by atoms with Gasteiger partial charge in [-0.1, -0.05) is 35.9 Å². The molecule has 142 valence electrons. The number of rotatable bonds is 7. The fourth-order valence-corrected chi connectivity index (χ4v) is 3.00. The van der Waals surface area contributed by atoms with Gasteiger partial charge in [0.2, 0.25) is 0 Å². The quantitative estimate of drug-likeness (QED) is 0.763. The minimum absolute atomic E-state index is 0.218. The largest absolute Gasteiger partial charge is 0.493 e. The maximum Gasteiger partial charge on any atom is 0.256 e. The van der Waals surface area contributed by atoms with E-state index in [1.807, 2.05) is 36.4 Å². The molecule has 1 amide bonds. The minimum Gasteiger partial charge on any atom is -0.493 e. The van der Waals surface area contributed by atoms with Crippen molar-refractivity contribution in [3.63, 3.8) is 0 Å². The summed E-state index contributed by atoms with van der Waals surface area (Å²) in [6.45, 7) is 0.476. The lowest BCUT2D eigenvalue weighted by molar-refractivity contribution is -0.131. The highest BCUT2D eigenvalue weighted by molar-refractivity contribution is 6.32. The molecule has 0 aromatic heterocycles. The fraction of sp³-hybridized carbons (Fsp3) is 0.250. The van der Waals surface area contributed by atoms with Crippen LogP contribution in [0.2, 0.25) is 5.02 Å². The van der Waals surface area contributed by atoms with Crippen molar-refractivity contribution in [1.29, 1.82) is 0 Å². The standard InChI is InChI=1S/C20H21ClN2O4/c1-25-17-8-7-13(11-18(17)26-2)9-10-22-20(24)19-12-16(23-27-19)14-5-3-4-6-15(14)21/h3-8,11-12,19,23H,9-10H2,1-2H3,(H,22,24)/t19-/m0/s1. The molecule has 3 rings (SSSR count). The molecular weight excluding hydrogens is 368 g/mol. The van der Waals surface area contributed by atoms with E-state index in [1.54, 1.807) is 26.4 Å². The van der Waals surface area contributed by atoms with Gasteiger partial charge < -0.3 is 14.8 Å². The summed E-state index contributed by atoms with van der Waals surface area (Å²) >= 11 is 6.17. The van der Waals surface area contributed by atoms with E-state index in [-0.39, 0.29) is 5.91 Å². The van der Waals surface area contributed by atoms with E-state index in [0.717, 1.165) is 11.1 Å². The first-order chi connectivity index (χ1) is 13.1. The molecule has 0 bridgehead atoms. The second-order valence-corrected chi connectivity index (χ2v) is 6.34. The maximum atomic E-state index is 12.3. The van der Waals surface area contributed by atoms with E-state index < -0.39 is 6.10 Å². The van der Waals surface area contributed by atoms with Crippen LogP contribution in [-0.2, 0) is 16.1 Å². The van der Waals surface area contributed by atoms with Gasteiger partial charge in [0, 0.05) is 17.1 Å². The van der Waals surface area contributed by atoms with Crippen molar-refractivity contribution in [1.82, 2.24) is 10.8 Å². The van der Waals surface area contributed by atoms with E-state index >= 15 is 0 Å². The number of halogens is 1. The molecule has 0 fully saturated rings. The second kappa shape index (κ2) is 8.79. The Bertz CT molecular complexity index is 854. The first-order valence-corrected chi connectivity index (χ1v) is 8.87. The summed E-state index contributed by atoms with van der Waals surface area (Å²) in [5, 5.41) is 3.46. The summed E-state index contributed by atoms with van der Waals surface area (Å²) in [6.07, 6.45) is 1.67. The molecule has 0 unspecified atom stereocenters. The molecule has 1 aliphatic rings. The first-order valence-electron chi connectivity index (χ1n) is 8.49. The van der Waals surface area contributed by atoms with Crippen LogP contribution in [0.1, 0.15) is 11.1 Å². The summed E-state index contributed by atoms with van der Waals surface area (Å²) < 4.78 is 10.5. The third-order valence-electron chi connectivity index (χ3n) is 4.20. The molecule has 27 heavy (non-hydrogen) atoms. The number of hydrogen-bond donors (Lipinski definition) is 2. The Labute approximate surface area is 163 Å². The molecule has 2 N–H and O–H groups in total. The van der Waals surface area contributed by atoms with Crippen molar-refractivity contribution in [2.45, 2.75) is 12.5 Å². The SMILES string of the molecule is COc1ccc(CCNC(=O)[C@@H]2C=C(c3ccccc3Cl)NO2)cc1OC. The number of carbonyl (C=O) groups excluding carboxylic acids is 1. The van der Waals surface area contributed by atoms with E-state index in [0.29, 0.717) is 35.2 Å². The van der Waals surface area contributed by atoms with Gasteiger partial charge >= 0.3 is 0 Å². The lowest BCUT2D eigenvalue weighted by atomic mass is 10.1. The van der Waals surface area contributed by atoms with Crippen LogP contribution >= 0.6 is 11.6 Å². The van der Waals surface area contributed by atoms with Crippen LogP contribution in [0.15, 0.2) is 48.5 Å². The Morgan fingerprint density at radius 3 is 2.70 bits per heavy atom. The van der Waals surface area contributed by atoms with Gasteiger partial charge in [-0.15, -0.1) is 0 Å². The van der Waals surface area contributed by atoms with Crippen molar-refractivity contribution >= 4 is 23.2 Å². The van der Waals surface area contributed by atoms with E-state index in [1.165, 1.54) is 0 Å². The Hall–Kier alpha value is -2.70. The zero-order valence-electron chi connectivity index (χ0n) is 15.1. The topological polar surface area (TPSA) is 68.8 Å². The number of hydroxylamine groups is 1. The van der Waals surface area contributed by atoms with Crippen molar-refractivity contribution < 1.29 is 19.1 Å². The van der Waals surface area contributed by atoms with Gasteiger partial charge in [0.05, 0.1) is 19.9 Å². The zero-order valence-corrected chi connectivity index (χ0v) is 15.9. The molecule has 0 aliphatic carbocycles. The lowest BCUT2D eigenvalue weighted by Gasteiger charge is -2.11. The number of ether oxygens (including phenoxy) is 2. The third kappa shape index (κ3) is 4.53. The van der Waals surface area contributed by atoms with Crippen LogP contribution < -0.4 is 20.3 Å². The molecule has 1 aliphatic heterocycles. The molecule has 0 saturated heterocycles. The predicted octanol–water partition coefficient (Wildman–Crippen LogP) is 2.96. The number of carbonyl (C=O) groups is 1. The number of amides is 1. The smallest absolute Gasteiger partial charge is 0.256 e. The predicted molar refractivity (Wildman–Crippen MR) is 104 cm³/mol. The van der Waals surface area contributed by atoms with Crippen molar-refractivity contribution in [2.75, 3.05) is 20.8 Å². The van der Waals surface area contributed by atoms with Gasteiger partial charge in [0.25, 0.3) is 5.91 Å². The Balaban J connectivity index is 1.55. The highest BCUT2D eigenvalue weighted by atomic mass is 35.5. The van der Waals surface area contributed by atoms with Crippen LogP contribution in [0.4, 0.5) is 0 Å². The van der Waals surface area contributed by atoms with Gasteiger partial charge in [-0.25, -0.2) is 0 Å². The average Bonchev–Trinajstić information content (AvgIpc) is 3.18. The second-order valence-electron chi connectivity index (χ2n) is 5.93. The monoisotopic (exact) mass is 388 g/mol. The Morgan fingerprint density at radius 2 is 1.96 bits per heavy atom. The maximum absolute atomic E-state index is 12.3. The Morgan fingerprint density at radius 1 is 1.19 bits per heavy atom. The van der Waals surface area contributed by atoms with Crippen LogP contribution in [0, 0.1) is 0 Å². The van der Waals surface area contributed by atoms with E-state index in [2.05, 4.69) is 10.8 Å². The number of hydrogen-bond acceptors (Lipinski definition) is 5. The van der Waals surface area contributed by atoms with Gasteiger partial charge in [0.1, 0.15) is 0 Å².